The Balaban J connectivity index is 2.77. The van der Waals surface area contributed by atoms with Crippen LogP contribution >= 0.6 is 0 Å². The van der Waals surface area contributed by atoms with Gasteiger partial charge in [0.25, 0.3) is 5.91 Å². The van der Waals surface area contributed by atoms with E-state index in [-0.39, 0.29) is 16.3 Å². The number of carbonyl (C=O) groups excluding carboxylic acids is 1. The van der Waals surface area contributed by atoms with Crippen LogP contribution in [0.2, 0.25) is 0 Å². The van der Waals surface area contributed by atoms with Gasteiger partial charge in [0.2, 0.25) is 10.0 Å². The van der Waals surface area contributed by atoms with E-state index in [0.29, 0.717) is 0 Å². The van der Waals surface area contributed by atoms with E-state index in [9.17, 15) is 21.6 Å². The van der Waals surface area contributed by atoms with Crippen LogP contribution in [0.25, 0.3) is 0 Å². The van der Waals surface area contributed by atoms with Crippen molar-refractivity contribution in [1.29, 1.82) is 0 Å². The van der Waals surface area contributed by atoms with Gasteiger partial charge in [-0.3, -0.25) is 4.79 Å². The van der Waals surface area contributed by atoms with Crippen LogP contribution in [0.15, 0.2) is 17.2 Å². The fourth-order valence-corrected chi connectivity index (χ4v) is 2.96. The molecule has 0 bridgehead atoms. The van der Waals surface area contributed by atoms with E-state index in [1.165, 1.54) is 6.92 Å². The summed E-state index contributed by atoms with van der Waals surface area (Å²) in [5.41, 5.74) is -0.00984. The van der Waals surface area contributed by atoms with Crippen molar-refractivity contribution in [3.8, 4) is 0 Å². The van der Waals surface area contributed by atoms with Crippen LogP contribution in [0.4, 0.5) is 0 Å². The van der Waals surface area contributed by atoms with E-state index in [2.05, 4.69) is 10.3 Å². The Morgan fingerprint density at radius 1 is 1.42 bits per heavy atom. The highest BCUT2D eigenvalue weighted by Gasteiger charge is 2.17. The summed E-state index contributed by atoms with van der Waals surface area (Å²) in [6.07, 6.45) is 2.15. The van der Waals surface area contributed by atoms with Gasteiger partial charge < -0.3 is 10.3 Å². The Kier molecular flexibility index (Phi) is 4.38. The zero-order valence-corrected chi connectivity index (χ0v) is 12.0. The fourth-order valence-electron chi connectivity index (χ4n) is 1.47. The maximum absolute atomic E-state index is 11.7. The molecular weight excluding hydrogens is 294 g/mol. The first kappa shape index (κ1) is 15.7. The van der Waals surface area contributed by atoms with Crippen molar-refractivity contribution in [2.45, 2.75) is 17.9 Å². The summed E-state index contributed by atoms with van der Waals surface area (Å²) in [7, 11) is -7.09. The number of hydrogen-bond acceptors (Lipinski definition) is 5. The summed E-state index contributed by atoms with van der Waals surface area (Å²) in [4.78, 5) is 14.0. The van der Waals surface area contributed by atoms with E-state index >= 15 is 0 Å². The molecule has 0 spiro atoms. The number of sulfone groups is 1. The standard InChI is InChI=1S/C9H15N3O5S2/c1-6(5-18(2,14)15)12-9(13)8-3-7(4-11-8)19(10,16)17/h3-4,6,11H,5H2,1-2H3,(H,12,13)(H2,10,16,17). The van der Waals surface area contributed by atoms with E-state index in [1.54, 1.807) is 0 Å². The third-order valence-electron chi connectivity index (χ3n) is 2.16. The monoisotopic (exact) mass is 309 g/mol. The normalized spacial score (nSPS) is 14.1. The van der Waals surface area contributed by atoms with Gasteiger partial charge in [0.05, 0.1) is 10.6 Å². The molecule has 108 valence electrons. The Bertz CT molecular complexity index is 674. The molecule has 0 aliphatic heterocycles. The second kappa shape index (κ2) is 5.31. The molecule has 0 fully saturated rings. The van der Waals surface area contributed by atoms with Crippen LogP contribution in [-0.2, 0) is 19.9 Å². The van der Waals surface area contributed by atoms with Crippen molar-refractivity contribution in [2.75, 3.05) is 12.0 Å². The molecule has 0 aromatic carbocycles. The minimum absolute atomic E-state index is 0.00984. The average molecular weight is 309 g/mol. The molecule has 8 nitrogen and oxygen atoms in total. The predicted octanol–water partition coefficient (Wildman–Crippen LogP) is -1.17. The molecule has 10 heteroatoms. The highest BCUT2D eigenvalue weighted by Crippen LogP contribution is 2.08. The predicted molar refractivity (Wildman–Crippen MR) is 68.8 cm³/mol. The van der Waals surface area contributed by atoms with Gasteiger partial charge >= 0.3 is 0 Å². The lowest BCUT2D eigenvalue weighted by atomic mass is 10.3. The van der Waals surface area contributed by atoms with Gasteiger partial charge in [-0.15, -0.1) is 0 Å². The SMILES string of the molecule is CC(CS(C)(=O)=O)NC(=O)c1cc(S(N)(=O)=O)c[nH]1. The summed E-state index contributed by atoms with van der Waals surface area (Å²) in [5.74, 6) is -0.812. The van der Waals surface area contributed by atoms with Crippen molar-refractivity contribution in [3.05, 3.63) is 18.0 Å². The van der Waals surface area contributed by atoms with Crippen LogP contribution in [0.3, 0.4) is 0 Å². The molecule has 1 unspecified atom stereocenters. The average Bonchev–Trinajstić information content (AvgIpc) is 2.61. The van der Waals surface area contributed by atoms with Gasteiger partial charge in [-0.2, -0.15) is 0 Å². The van der Waals surface area contributed by atoms with Crippen LogP contribution in [-0.4, -0.2) is 45.8 Å². The number of nitrogens with two attached hydrogens (primary N) is 1. The summed E-state index contributed by atoms with van der Waals surface area (Å²) >= 11 is 0. The van der Waals surface area contributed by atoms with Gasteiger partial charge in [0, 0.05) is 18.5 Å². The van der Waals surface area contributed by atoms with E-state index in [0.717, 1.165) is 18.5 Å². The zero-order valence-electron chi connectivity index (χ0n) is 10.4. The molecule has 0 saturated carbocycles. The number of H-pyrrole nitrogens is 1. The van der Waals surface area contributed by atoms with Crippen LogP contribution in [0, 0.1) is 0 Å². The second-order valence-corrected chi connectivity index (χ2v) is 8.01. The van der Waals surface area contributed by atoms with Crippen molar-refractivity contribution >= 4 is 25.8 Å². The number of primary sulfonamides is 1. The fraction of sp³-hybridized carbons (Fsp3) is 0.444. The Labute approximate surface area is 111 Å². The minimum atomic E-state index is -3.88. The smallest absolute Gasteiger partial charge is 0.267 e. The lowest BCUT2D eigenvalue weighted by Gasteiger charge is -2.11. The number of amides is 1. The van der Waals surface area contributed by atoms with Crippen LogP contribution < -0.4 is 10.5 Å². The van der Waals surface area contributed by atoms with Gasteiger partial charge in [-0.1, -0.05) is 0 Å². The van der Waals surface area contributed by atoms with Crippen LogP contribution in [0.5, 0.6) is 0 Å². The first-order valence-corrected chi connectivity index (χ1v) is 8.79. The largest absolute Gasteiger partial charge is 0.356 e. The molecule has 0 radical (unpaired) electrons. The lowest BCUT2D eigenvalue weighted by molar-refractivity contribution is 0.0939. The third-order valence-corrected chi connectivity index (χ3v) is 4.16. The van der Waals surface area contributed by atoms with Gasteiger partial charge in [0.15, 0.2) is 0 Å². The first-order chi connectivity index (χ1) is 8.49. The first-order valence-electron chi connectivity index (χ1n) is 5.19. The number of hydrogen-bond donors (Lipinski definition) is 3. The number of rotatable bonds is 5. The quantitative estimate of drug-likeness (QED) is 0.628. The summed E-state index contributed by atoms with van der Waals surface area (Å²) in [6, 6.07) is 0.487. The molecule has 1 aromatic heterocycles. The molecule has 0 aliphatic rings. The van der Waals surface area contributed by atoms with Crippen molar-refractivity contribution in [3.63, 3.8) is 0 Å². The summed E-state index contributed by atoms with van der Waals surface area (Å²) in [6.45, 7) is 1.53. The van der Waals surface area contributed by atoms with Gasteiger partial charge in [0.1, 0.15) is 15.5 Å². The maximum atomic E-state index is 11.7. The number of nitrogens with one attached hydrogen (secondary N) is 2. The molecular formula is C9H15N3O5S2. The topological polar surface area (TPSA) is 139 Å². The van der Waals surface area contributed by atoms with Crippen molar-refractivity contribution in [1.82, 2.24) is 10.3 Å². The summed E-state index contributed by atoms with van der Waals surface area (Å²) in [5, 5.41) is 7.33. The molecule has 1 aromatic rings. The lowest BCUT2D eigenvalue weighted by Crippen LogP contribution is -2.37. The van der Waals surface area contributed by atoms with Crippen LogP contribution in [0.1, 0.15) is 17.4 Å². The molecule has 19 heavy (non-hydrogen) atoms. The van der Waals surface area contributed by atoms with Gasteiger partial charge in [-0.25, -0.2) is 22.0 Å². The zero-order chi connectivity index (χ0) is 14.8. The Morgan fingerprint density at radius 2 is 2.00 bits per heavy atom. The summed E-state index contributed by atoms with van der Waals surface area (Å²) < 4.78 is 44.1. The highest BCUT2D eigenvalue weighted by molar-refractivity contribution is 7.90. The highest BCUT2D eigenvalue weighted by atomic mass is 32.2. The molecule has 0 saturated heterocycles. The number of aromatic amines is 1. The number of aromatic nitrogens is 1. The number of carbonyl (C=O) groups is 1. The molecule has 1 heterocycles. The maximum Gasteiger partial charge on any atom is 0.267 e. The number of sulfonamides is 1. The Morgan fingerprint density at radius 3 is 2.42 bits per heavy atom. The van der Waals surface area contributed by atoms with E-state index in [1.807, 2.05) is 0 Å². The Hall–Kier alpha value is -1.39. The van der Waals surface area contributed by atoms with Gasteiger partial charge in [-0.05, 0) is 13.0 Å². The second-order valence-electron chi connectivity index (χ2n) is 4.26. The third kappa shape index (κ3) is 5.01. The minimum Gasteiger partial charge on any atom is -0.356 e. The van der Waals surface area contributed by atoms with Crippen molar-refractivity contribution in [2.24, 2.45) is 5.14 Å². The molecule has 1 atom stereocenters. The molecule has 1 rings (SSSR count). The van der Waals surface area contributed by atoms with Crippen molar-refractivity contribution < 1.29 is 21.6 Å². The molecule has 1 amide bonds. The van der Waals surface area contributed by atoms with E-state index < -0.39 is 31.8 Å². The van der Waals surface area contributed by atoms with E-state index in [4.69, 9.17) is 5.14 Å². The molecule has 4 N–H and O–H groups in total. The molecule has 0 aliphatic carbocycles.